The standard InChI is InChI=1S/C16H20N2O4/c1-11(19)18-9-7-12-10-13(5-6-14(12)18)16(22)17(2)8-3-4-15(20)21/h5-6,10H,3-4,7-9H2,1-2H3,(H,20,21). The van der Waals surface area contributed by atoms with Crippen LogP contribution < -0.4 is 4.90 Å². The minimum absolute atomic E-state index is 0.00335. The molecule has 0 aromatic heterocycles. The van der Waals surface area contributed by atoms with Crippen LogP contribution in [0.1, 0.15) is 35.7 Å². The summed E-state index contributed by atoms with van der Waals surface area (Å²) in [5.41, 5.74) is 2.44. The third-order valence-corrected chi connectivity index (χ3v) is 3.83. The Hall–Kier alpha value is -2.37. The average Bonchev–Trinajstić information content (AvgIpc) is 2.88. The summed E-state index contributed by atoms with van der Waals surface area (Å²) in [7, 11) is 1.67. The van der Waals surface area contributed by atoms with Crippen LogP contribution in [-0.4, -0.2) is 47.9 Å². The highest BCUT2D eigenvalue weighted by Gasteiger charge is 2.23. The van der Waals surface area contributed by atoms with Crippen molar-refractivity contribution in [2.24, 2.45) is 0 Å². The van der Waals surface area contributed by atoms with Crippen molar-refractivity contribution in [3.63, 3.8) is 0 Å². The summed E-state index contributed by atoms with van der Waals surface area (Å²) in [4.78, 5) is 37.6. The highest BCUT2D eigenvalue weighted by molar-refractivity contribution is 5.97. The molecule has 0 spiro atoms. The number of carbonyl (C=O) groups is 3. The van der Waals surface area contributed by atoms with Crippen LogP contribution in [-0.2, 0) is 16.0 Å². The van der Waals surface area contributed by atoms with Gasteiger partial charge in [-0.1, -0.05) is 0 Å². The van der Waals surface area contributed by atoms with E-state index in [4.69, 9.17) is 5.11 Å². The van der Waals surface area contributed by atoms with Crippen molar-refractivity contribution in [2.75, 3.05) is 25.0 Å². The van der Waals surface area contributed by atoms with Gasteiger partial charge in [-0.3, -0.25) is 14.4 Å². The van der Waals surface area contributed by atoms with Crippen LogP contribution in [0.2, 0.25) is 0 Å². The Morgan fingerprint density at radius 3 is 2.68 bits per heavy atom. The van der Waals surface area contributed by atoms with Gasteiger partial charge in [0.2, 0.25) is 5.91 Å². The lowest BCUT2D eigenvalue weighted by atomic mass is 10.1. The number of carboxylic acids is 1. The Balaban J connectivity index is 2.05. The molecule has 0 saturated carbocycles. The first-order chi connectivity index (χ1) is 10.4. The SMILES string of the molecule is CC(=O)N1CCc2cc(C(=O)N(C)CCCC(=O)O)ccc21. The van der Waals surface area contributed by atoms with Gasteiger partial charge in [-0.25, -0.2) is 0 Å². The van der Waals surface area contributed by atoms with Gasteiger partial charge in [0.05, 0.1) is 0 Å². The Morgan fingerprint density at radius 2 is 2.05 bits per heavy atom. The molecule has 2 rings (SSSR count). The van der Waals surface area contributed by atoms with E-state index in [2.05, 4.69) is 0 Å². The smallest absolute Gasteiger partial charge is 0.303 e. The Morgan fingerprint density at radius 1 is 1.32 bits per heavy atom. The fourth-order valence-corrected chi connectivity index (χ4v) is 2.65. The van der Waals surface area contributed by atoms with Gasteiger partial charge in [0.15, 0.2) is 0 Å². The molecule has 0 radical (unpaired) electrons. The lowest BCUT2D eigenvalue weighted by Crippen LogP contribution is -2.28. The second kappa shape index (κ2) is 6.60. The maximum absolute atomic E-state index is 12.3. The van der Waals surface area contributed by atoms with Crippen molar-refractivity contribution in [3.8, 4) is 0 Å². The van der Waals surface area contributed by atoms with E-state index in [1.807, 2.05) is 12.1 Å². The van der Waals surface area contributed by atoms with Gasteiger partial charge in [-0.2, -0.15) is 0 Å². The Bertz CT molecular complexity index is 612. The van der Waals surface area contributed by atoms with Crippen molar-refractivity contribution in [2.45, 2.75) is 26.2 Å². The number of aliphatic carboxylic acids is 1. The maximum atomic E-state index is 12.3. The molecule has 1 N–H and O–H groups in total. The number of benzene rings is 1. The molecule has 0 fully saturated rings. The summed E-state index contributed by atoms with van der Waals surface area (Å²) >= 11 is 0. The number of carbonyl (C=O) groups excluding carboxylic acids is 2. The second-order valence-electron chi connectivity index (χ2n) is 5.49. The van der Waals surface area contributed by atoms with Gasteiger partial charge in [0.25, 0.3) is 5.91 Å². The molecule has 1 aliphatic heterocycles. The first-order valence-electron chi connectivity index (χ1n) is 7.28. The normalized spacial score (nSPS) is 12.9. The summed E-state index contributed by atoms with van der Waals surface area (Å²) in [5, 5.41) is 8.62. The zero-order valence-corrected chi connectivity index (χ0v) is 12.8. The average molecular weight is 304 g/mol. The van der Waals surface area contributed by atoms with Gasteiger partial charge in [-0.15, -0.1) is 0 Å². The number of hydrogen-bond acceptors (Lipinski definition) is 3. The fourth-order valence-electron chi connectivity index (χ4n) is 2.65. The number of amides is 2. The van der Waals surface area contributed by atoms with Crippen LogP contribution in [0.3, 0.4) is 0 Å². The largest absolute Gasteiger partial charge is 0.481 e. The number of anilines is 1. The topological polar surface area (TPSA) is 77.9 Å². The molecule has 1 heterocycles. The molecule has 0 saturated heterocycles. The lowest BCUT2D eigenvalue weighted by Gasteiger charge is -2.18. The Kier molecular flexibility index (Phi) is 4.80. The van der Waals surface area contributed by atoms with Crippen molar-refractivity contribution < 1.29 is 19.5 Å². The molecule has 6 nitrogen and oxygen atoms in total. The van der Waals surface area contributed by atoms with E-state index < -0.39 is 5.97 Å². The highest BCUT2D eigenvalue weighted by Crippen LogP contribution is 2.29. The number of fused-ring (bicyclic) bond motifs is 1. The van der Waals surface area contributed by atoms with Gasteiger partial charge >= 0.3 is 5.97 Å². The first-order valence-corrected chi connectivity index (χ1v) is 7.28. The van der Waals surface area contributed by atoms with Crippen molar-refractivity contribution in [3.05, 3.63) is 29.3 Å². The summed E-state index contributed by atoms with van der Waals surface area (Å²) in [5.74, 6) is -0.985. The molecule has 0 atom stereocenters. The molecule has 1 aromatic carbocycles. The molecule has 2 amide bonds. The number of rotatable bonds is 5. The monoisotopic (exact) mass is 304 g/mol. The number of nitrogens with zero attached hydrogens (tertiary/aromatic N) is 2. The first kappa shape index (κ1) is 16.0. The predicted octanol–water partition coefficient (Wildman–Crippen LogP) is 1.53. The zero-order valence-electron chi connectivity index (χ0n) is 12.8. The molecule has 0 bridgehead atoms. The summed E-state index contributed by atoms with van der Waals surface area (Å²) in [6.45, 7) is 2.59. The minimum atomic E-state index is -0.859. The molecule has 6 heteroatoms. The third-order valence-electron chi connectivity index (χ3n) is 3.83. The molecule has 118 valence electrons. The fraction of sp³-hybridized carbons (Fsp3) is 0.438. The Labute approximate surface area is 129 Å². The van der Waals surface area contributed by atoms with Crippen molar-refractivity contribution in [1.29, 1.82) is 0 Å². The van der Waals surface area contributed by atoms with Crippen LogP contribution in [0, 0.1) is 0 Å². The van der Waals surface area contributed by atoms with Gasteiger partial charge in [-0.05, 0) is 36.6 Å². The molecule has 1 aliphatic rings. The molecule has 1 aromatic rings. The van der Waals surface area contributed by atoms with E-state index in [1.165, 1.54) is 11.8 Å². The van der Waals surface area contributed by atoms with E-state index >= 15 is 0 Å². The maximum Gasteiger partial charge on any atom is 0.303 e. The van der Waals surface area contributed by atoms with Gasteiger partial charge < -0.3 is 14.9 Å². The second-order valence-corrected chi connectivity index (χ2v) is 5.49. The van der Waals surface area contributed by atoms with E-state index in [0.717, 1.165) is 17.7 Å². The summed E-state index contributed by atoms with van der Waals surface area (Å²) in [6.07, 6.45) is 1.23. The van der Waals surface area contributed by atoms with E-state index in [9.17, 15) is 14.4 Å². The van der Waals surface area contributed by atoms with Gasteiger partial charge in [0, 0.05) is 44.7 Å². The molecular weight excluding hydrogens is 284 g/mol. The van der Waals surface area contributed by atoms with Crippen LogP contribution in [0.4, 0.5) is 5.69 Å². The number of carboxylic acid groups (broad SMARTS) is 1. The highest BCUT2D eigenvalue weighted by atomic mass is 16.4. The third kappa shape index (κ3) is 3.44. The summed E-state index contributed by atoms with van der Waals surface area (Å²) < 4.78 is 0. The molecule has 22 heavy (non-hydrogen) atoms. The van der Waals surface area contributed by atoms with Crippen molar-refractivity contribution >= 4 is 23.5 Å². The molecule has 0 unspecified atom stereocenters. The minimum Gasteiger partial charge on any atom is -0.481 e. The quantitative estimate of drug-likeness (QED) is 0.895. The summed E-state index contributed by atoms with van der Waals surface area (Å²) in [6, 6.07) is 5.35. The zero-order chi connectivity index (χ0) is 16.3. The van der Waals surface area contributed by atoms with E-state index in [1.54, 1.807) is 18.0 Å². The van der Waals surface area contributed by atoms with Crippen LogP contribution >= 0.6 is 0 Å². The molecular formula is C16H20N2O4. The van der Waals surface area contributed by atoms with Crippen LogP contribution in [0.15, 0.2) is 18.2 Å². The van der Waals surface area contributed by atoms with E-state index in [0.29, 0.717) is 25.1 Å². The van der Waals surface area contributed by atoms with Crippen LogP contribution in [0.25, 0.3) is 0 Å². The van der Waals surface area contributed by atoms with Crippen LogP contribution in [0.5, 0.6) is 0 Å². The van der Waals surface area contributed by atoms with Crippen molar-refractivity contribution in [1.82, 2.24) is 4.90 Å². The van der Waals surface area contributed by atoms with Gasteiger partial charge in [0.1, 0.15) is 0 Å². The molecule has 0 aliphatic carbocycles. The predicted molar refractivity (Wildman–Crippen MR) is 82.0 cm³/mol. The number of hydrogen-bond donors (Lipinski definition) is 1. The lowest BCUT2D eigenvalue weighted by molar-refractivity contribution is -0.137. The van der Waals surface area contributed by atoms with E-state index in [-0.39, 0.29) is 18.2 Å².